The van der Waals surface area contributed by atoms with Crippen LogP contribution in [0, 0.1) is 5.92 Å². The first-order chi connectivity index (χ1) is 13.5. The summed E-state index contributed by atoms with van der Waals surface area (Å²) in [5.74, 6) is 0.929. The van der Waals surface area contributed by atoms with Gasteiger partial charge in [-0.15, -0.1) is 0 Å². The van der Waals surface area contributed by atoms with Gasteiger partial charge in [0.25, 0.3) is 5.56 Å². The normalized spacial score (nSPS) is 15.7. The number of nitrogens with zero attached hydrogens (tertiary/aromatic N) is 2. The number of benzene rings is 2. The van der Waals surface area contributed by atoms with Crippen LogP contribution in [0.15, 0.2) is 47.3 Å². The van der Waals surface area contributed by atoms with Gasteiger partial charge in [-0.25, -0.2) is 4.98 Å². The molecule has 1 aliphatic rings. The highest BCUT2D eigenvalue weighted by Crippen LogP contribution is 2.30. The minimum Gasteiger partial charge on any atom is -0.492 e. The molecule has 144 valence electrons. The lowest BCUT2D eigenvalue weighted by Gasteiger charge is -2.29. The van der Waals surface area contributed by atoms with E-state index in [9.17, 15) is 9.59 Å². The second-order valence-electron chi connectivity index (χ2n) is 6.85. The van der Waals surface area contributed by atoms with Crippen molar-refractivity contribution in [3.63, 3.8) is 0 Å². The molecule has 4 rings (SSSR count). The summed E-state index contributed by atoms with van der Waals surface area (Å²) in [5.41, 5.74) is 1.35. The van der Waals surface area contributed by atoms with E-state index in [1.54, 1.807) is 29.2 Å². The Balaban J connectivity index is 1.54. The Hall–Kier alpha value is -2.86. The van der Waals surface area contributed by atoms with Crippen LogP contribution in [-0.2, 0) is 17.8 Å². The molecule has 0 spiro atoms. The topological polar surface area (TPSA) is 75.3 Å². The molecule has 1 N–H and O–H groups in total. The number of carbonyl (C=O) groups excluding carboxylic acids is 1. The maximum absolute atomic E-state index is 13.1. The molecule has 1 atom stereocenters. The highest BCUT2D eigenvalue weighted by Gasteiger charge is 2.29. The lowest BCUT2D eigenvalue weighted by Crippen LogP contribution is -2.41. The molecule has 3 aromatic rings. The second kappa shape index (κ2) is 7.64. The zero-order valence-electron chi connectivity index (χ0n) is 15.4. The third-order valence-corrected chi connectivity index (χ3v) is 5.21. The van der Waals surface area contributed by atoms with Gasteiger partial charge in [-0.1, -0.05) is 23.7 Å². The number of rotatable bonds is 4. The molecular formula is C21H20ClN3O3. The molecule has 1 aromatic heterocycles. The van der Waals surface area contributed by atoms with Crippen LogP contribution in [0.5, 0.6) is 5.75 Å². The molecule has 7 heteroatoms. The summed E-state index contributed by atoms with van der Waals surface area (Å²) in [5, 5.41) is 1.16. The van der Waals surface area contributed by atoms with Gasteiger partial charge in [0.1, 0.15) is 18.2 Å². The molecule has 0 fully saturated rings. The molecular weight excluding hydrogens is 378 g/mol. The number of hydrogen-bond acceptors (Lipinski definition) is 4. The van der Waals surface area contributed by atoms with Crippen molar-refractivity contribution in [2.75, 3.05) is 13.2 Å². The van der Waals surface area contributed by atoms with Crippen LogP contribution in [0.25, 0.3) is 10.9 Å². The van der Waals surface area contributed by atoms with E-state index in [1.165, 1.54) is 0 Å². The van der Waals surface area contributed by atoms with Crippen LogP contribution in [0.2, 0.25) is 5.02 Å². The van der Waals surface area contributed by atoms with E-state index < -0.39 is 0 Å². The fourth-order valence-electron chi connectivity index (χ4n) is 3.52. The number of ether oxygens (including phenoxy) is 1. The van der Waals surface area contributed by atoms with Crippen molar-refractivity contribution >= 4 is 28.4 Å². The quantitative estimate of drug-likeness (QED) is 0.733. The SMILES string of the molecule is CCN(Cc1nc2ccccc2c(=O)[nH]1)C(=O)[C@@H]1COc2ccc(Cl)cc2C1. The summed E-state index contributed by atoms with van der Waals surface area (Å²) >= 11 is 6.07. The van der Waals surface area contributed by atoms with Crippen molar-refractivity contribution in [1.82, 2.24) is 14.9 Å². The van der Waals surface area contributed by atoms with Crippen molar-refractivity contribution in [3.05, 3.63) is 69.2 Å². The van der Waals surface area contributed by atoms with Crippen molar-refractivity contribution in [3.8, 4) is 5.75 Å². The number of nitrogens with one attached hydrogen (secondary N) is 1. The van der Waals surface area contributed by atoms with Gasteiger partial charge in [0.15, 0.2) is 0 Å². The maximum atomic E-state index is 13.1. The fraction of sp³-hybridized carbons (Fsp3) is 0.286. The number of H-pyrrole nitrogens is 1. The fourth-order valence-corrected chi connectivity index (χ4v) is 3.71. The monoisotopic (exact) mass is 397 g/mol. The Labute approximate surface area is 167 Å². The van der Waals surface area contributed by atoms with Crippen molar-refractivity contribution < 1.29 is 9.53 Å². The molecule has 0 saturated carbocycles. The molecule has 1 amide bonds. The summed E-state index contributed by atoms with van der Waals surface area (Å²) in [6.07, 6.45) is 0.576. The number of aromatic amines is 1. The average Bonchev–Trinajstić information content (AvgIpc) is 2.71. The molecule has 0 radical (unpaired) electrons. The van der Waals surface area contributed by atoms with E-state index >= 15 is 0 Å². The van der Waals surface area contributed by atoms with Gasteiger partial charge >= 0.3 is 0 Å². The lowest BCUT2D eigenvalue weighted by molar-refractivity contribution is -0.137. The van der Waals surface area contributed by atoms with Gasteiger partial charge in [0, 0.05) is 11.6 Å². The second-order valence-corrected chi connectivity index (χ2v) is 7.28. The van der Waals surface area contributed by atoms with Crippen LogP contribution < -0.4 is 10.3 Å². The Morgan fingerprint density at radius 1 is 1.32 bits per heavy atom. The number of hydrogen-bond donors (Lipinski definition) is 1. The molecule has 2 heterocycles. The first kappa shape index (κ1) is 18.5. The van der Waals surface area contributed by atoms with Gasteiger partial charge in [-0.3, -0.25) is 9.59 Å². The van der Waals surface area contributed by atoms with Gasteiger partial charge in [-0.05, 0) is 49.2 Å². The smallest absolute Gasteiger partial charge is 0.258 e. The van der Waals surface area contributed by atoms with E-state index in [-0.39, 0.29) is 23.9 Å². The van der Waals surface area contributed by atoms with Crippen LogP contribution in [-0.4, -0.2) is 33.9 Å². The number of carbonyl (C=O) groups is 1. The minimum atomic E-state index is -0.293. The van der Waals surface area contributed by atoms with E-state index in [0.717, 1.165) is 11.3 Å². The molecule has 0 bridgehead atoms. The highest BCUT2D eigenvalue weighted by molar-refractivity contribution is 6.30. The predicted octanol–water partition coefficient (Wildman–Crippen LogP) is 3.18. The van der Waals surface area contributed by atoms with E-state index in [2.05, 4.69) is 9.97 Å². The first-order valence-electron chi connectivity index (χ1n) is 9.23. The van der Waals surface area contributed by atoms with Crippen molar-refractivity contribution in [2.24, 2.45) is 5.92 Å². The highest BCUT2D eigenvalue weighted by atomic mass is 35.5. The largest absolute Gasteiger partial charge is 0.492 e. The number of para-hydroxylation sites is 1. The Bertz CT molecular complexity index is 1100. The molecule has 0 saturated heterocycles. The number of fused-ring (bicyclic) bond motifs is 2. The first-order valence-corrected chi connectivity index (χ1v) is 9.61. The zero-order chi connectivity index (χ0) is 19.7. The van der Waals surface area contributed by atoms with Crippen LogP contribution in [0.3, 0.4) is 0 Å². The summed E-state index contributed by atoms with van der Waals surface area (Å²) in [7, 11) is 0. The lowest BCUT2D eigenvalue weighted by atomic mass is 9.95. The standard InChI is InChI=1S/C21H20ClN3O3/c1-2-25(11-19-23-17-6-4-3-5-16(17)20(26)24-19)21(27)14-9-13-10-15(22)7-8-18(13)28-12-14/h3-8,10,14H,2,9,11-12H2,1H3,(H,23,24,26)/t14-/m0/s1. The Morgan fingerprint density at radius 3 is 2.96 bits per heavy atom. The zero-order valence-corrected chi connectivity index (χ0v) is 16.2. The summed E-state index contributed by atoms with van der Waals surface area (Å²) in [4.78, 5) is 34.3. The molecule has 0 unspecified atom stereocenters. The van der Waals surface area contributed by atoms with Crippen molar-refractivity contribution in [2.45, 2.75) is 19.9 Å². The van der Waals surface area contributed by atoms with E-state index in [0.29, 0.717) is 41.3 Å². The number of aromatic nitrogens is 2. The summed E-state index contributed by atoms with van der Waals surface area (Å²) in [6, 6.07) is 12.6. The van der Waals surface area contributed by atoms with E-state index in [4.69, 9.17) is 16.3 Å². The van der Waals surface area contributed by atoms with Crippen LogP contribution >= 0.6 is 11.6 Å². The third kappa shape index (κ3) is 3.60. The molecule has 28 heavy (non-hydrogen) atoms. The van der Waals surface area contributed by atoms with Gasteiger partial charge < -0.3 is 14.6 Å². The predicted molar refractivity (Wildman–Crippen MR) is 108 cm³/mol. The number of halogens is 1. The molecule has 6 nitrogen and oxygen atoms in total. The van der Waals surface area contributed by atoms with Gasteiger partial charge in [-0.2, -0.15) is 0 Å². The minimum absolute atomic E-state index is 0.0241. The van der Waals surface area contributed by atoms with Gasteiger partial charge in [0.2, 0.25) is 5.91 Å². The average molecular weight is 398 g/mol. The maximum Gasteiger partial charge on any atom is 0.258 e. The number of amides is 1. The summed E-state index contributed by atoms with van der Waals surface area (Å²) < 4.78 is 5.75. The van der Waals surface area contributed by atoms with E-state index in [1.807, 2.05) is 25.1 Å². The molecule has 0 aliphatic carbocycles. The van der Waals surface area contributed by atoms with Crippen LogP contribution in [0.4, 0.5) is 0 Å². The molecule has 1 aliphatic heterocycles. The van der Waals surface area contributed by atoms with Crippen LogP contribution in [0.1, 0.15) is 18.3 Å². The summed E-state index contributed by atoms with van der Waals surface area (Å²) in [6.45, 7) is 2.99. The van der Waals surface area contributed by atoms with Gasteiger partial charge in [0.05, 0.1) is 23.4 Å². The Kier molecular flexibility index (Phi) is 5.05. The third-order valence-electron chi connectivity index (χ3n) is 4.97. The molecule has 2 aromatic carbocycles. The van der Waals surface area contributed by atoms with Crippen molar-refractivity contribution in [1.29, 1.82) is 0 Å². The Morgan fingerprint density at radius 2 is 2.14 bits per heavy atom.